The van der Waals surface area contributed by atoms with Crippen LogP contribution in [-0.2, 0) is 25.6 Å². The van der Waals surface area contributed by atoms with Crippen molar-refractivity contribution in [1.82, 2.24) is 4.90 Å². The lowest BCUT2D eigenvalue weighted by Crippen LogP contribution is -2.52. The minimum Gasteiger partial charge on any atom is -0.463 e. The number of aliphatic hydroxyl groups is 1. The maximum absolute atomic E-state index is 12.9. The van der Waals surface area contributed by atoms with E-state index in [1.807, 2.05) is 51.1 Å². The van der Waals surface area contributed by atoms with Crippen LogP contribution in [0.25, 0.3) is 0 Å². The molecule has 0 saturated heterocycles. The maximum Gasteiger partial charge on any atom is 0.351 e. The first-order valence-electron chi connectivity index (χ1n) is 9.76. The van der Waals surface area contributed by atoms with E-state index in [0.717, 1.165) is 5.56 Å². The van der Waals surface area contributed by atoms with Crippen LogP contribution < -0.4 is 0 Å². The van der Waals surface area contributed by atoms with Crippen LogP contribution in [0.3, 0.4) is 0 Å². The van der Waals surface area contributed by atoms with Crippen LogP contribution in [0, 0.1) is 0 Å². The summed E-state index contributed by atoms with van der Waals surface area (Å²) < 4.78 is 10.3. The van der Waals surface area contributed by atoms with Crippen molar-refractivity contribution in [2.75, 3.05) is 13.2 Å². The Labute approximate surface area is 172 Å². The fraction of sp³-hybridized carbons (Fsp3) is 0.500. The highest BCUT2D eigenvalue weighted by Crippen LogP contribution is 2.38. The summed E-state index contributed by atoms with van der Waals surface area (Å²) in [6.45, 7) is 11.0. The van der Waals surface area contributed by atoms with Gasteiger partial charge in [0.1, 0.15) is 5.57 Å². The number of carbonyl (C=O) groups excluding carboxylic acids is 2. The van der Waals surface area contributed by atoms with Crippen LogP contribution in [0.2, 0.25) is 0 Å². The summed E-state index contributed by atoms with van der Waals surface area (Å²) in [6, 6.07) is 9.55. The summed E-state index contributed by atoms with van der Waals surface area (Å²) in [7, 11) is 0. The van der Waals surface area contributed by atoms with E-state index in [4.69, 9.17) is 9.47 Å². The van der Waals surface area contributed by atoms with E-state index in [1.54, 1.807) is 25.7 Å². The molecule has 2 rings (SSSR count). The average Bonchev–Trinajstić information content (AvgIpc) is 2.84. The maximum atomic E-state index is 12.9. The average molecular weight is 402 g/mol. The molecular formula is C22H30N2O5. The number of hydrogen-bond donors (Lipinski definition) is 1. The van der Waals surface area contributed by atoms with Gasteiger partial charge in [0.25, 0.3) is 5.60 Å². The van der Waals surface area contributed by atoms with Gasteiger partial charge in [0.15, 0.2) is 5.84 Å². The quantitative estimate of drug-likeness (QED) is 0.736. The molecule has 0 bridgehead atoms. The highest BCUT2D eigenvalue weighted by Gasteiger charge is 2.58. The summed E-state index contributed by atoms with van der Waals surface area (Å²) in [5, 5.41) is 11.6. The summed E-state index contributed by atoms with van der Waals surface area (Å²) in [5.41, 5.74) is -1.77. The number of amidine groups is 1. The van der Waals surface area contributed by atoms with Crippen molar-refractivity contribution in [3.63, 3.8) is 0 Å². The Morgan fingerprint density at radius 1 is 1.10 bits per heavy atom. The van der Waals surface area contributed by atoms with E-state index >= 15 is 0 Å². The summed E-state index contributed by atoms with van der Waals surface area (Å²) in [5.74, 6) is -1.65. The van der Waals surface area contributed by atoms with Gasteiger partial charge in [0.05, 0.1) is 18.8 Å². The van der Waals surface area contributed by atoms with Crippen LogP contribution in [0.15, 0.2) is 46.6 Å². The number of allylic oxidation sites excluding steroid dienone is 1. The van der Waals surface area contributed by atoms with Crippen molar-refractivity contribution in [3.05, 3.63) is 47.2 Å². The number of rotatable bonds is 6. The van der Waals surface area contributed by atoms with Gasteiger partial charge in [-0.25, -0.2) is 9.59 Å². The van der Waals surface area contributed by atoms with Crippen molar-refractivity contribution in [3.8, 4) is 0 Å². The second kappa shape index (κ2) is 8.78. The number of nitrogens with zero attached hydrogens (tertiary/aromatic N) is 2. The van der Waals surface area contributed by atoms with Gasteiger partial charge in [0.2, 0.25) is 0 Å². The van der Waals surface area contributed by atoms with E-state index in [-0.39, 0.29) is 24.6 Å². The number of benzene rings is 1. The van der Waals surface area contributed by atoms with E-state index in [0.29, 0.717) is 12.2 Å². The number of carbonyl (C=O) groups is 2. The number of esters is 2. The topological polar surface area (TPSA) is 88.4 Å². The molecule has 29 heavy (non-hydrogen) atoms. The Balaban J connectivity index is 2.70. The SMILES string of the molecule is CCOC(=O)C1=C(C)N(Cc2ccccc2)C(=NC(C)(C)C)C1(O)C(=O)OCC. The van der Waals surface area contributed by atoms with Crippen molar-refractivity contribution in [2.45, 2.75) is 59.2 Å². The number of ether oxygens (including phenoxy) is 2. The molecule has 0 amide bonds. The van der Waals surface area contributed by atoms with Gasteiger partial charge in [0, 0.05) is 12.2 Å². The number of hydrogen-bond acceptors (Lipinski definition) is 6. The van der Waals surface area contributed by atoms with Crippen molar-refractivity contribution < 1.29 is 24.2 Å². The Bertz CT molecular complexity index is 823. The molecule has 1 aromatic carbocycles. The third kappa shape index (κ3) is 4.67. The Morgan fingerprint density at radius 2 is 1.69 bits per heavy atom. The van der Waals surface area contributed by atoms with Crippen molar-refractivity contribution in [2.24, 2.45) is 4.99 Å². The van der Waals surface area contributed by atoms with Crippen LogP contribution in [0.1, 0.15) is 47.1 Å². The minimum atomic E-state index is -2.34. The summed E-state index contributed by atoms with van der Waals surface area (Å²) in [4.78, 5) is 32.0. The molecule has 1 N–H and O–H groups in total. The predicted octanol–water partition coefficient (Wildman–Crippen LogP) is 2.83. The molecule has 1 atom stereocenters. The zero-order valence-electron chi connectivity index (χ0n) is 18.0. The zero-order valence-corrected chi connectivity index (χ0v) is 18.0. The van der Waals surface area contributed by atoms with Gasteiger partial charge in [-0.2, -0.15) is 0 Å². The molecular weight excluding hydrogens is 372 g/mol. The third-order valence-electron chi connectivity index (χ3n) is 4.38. The third-order valence-corrected chi connectivity index (χ3v) is 4.38. The molecule has 0 aliphatic carbocycles. The lowest BCUT2D eigenvalue weighted by Gasteiger charge is -2.30. The largest absolute Gasteiger partial charge is 0.463 e. The first-order valence-corrected chi connectivity index (χ1v) is 9.76. The van der Waals surface area contributed by atoms with Gasteiger partial charge >= 0.3 is 11.9 Å². The van der Waals surface area contributed by atoms with E-state index < -0.39 is 23.1 Å². The summed E-state index contributed by atoms with van der Waals surface area (Å²) >= 11 is 0. The summed E-state index contributed by atoms with van der Waals surface area (Å²) in [6.07, 6.45) is 0. The standard InChI is InChI=1S/C22H30N2O5/c1-7-28-18(25)17-15(3)24(14-16-12-10-9-11-13-16)19(23-21(4,5)6)22(17,27)20(26)29-8-2/h9-13,27H,7-8,14H2,1-6H3. The molecule has 0 aromatic heterocycles. The monoisotopic (exact) mass is 402 g/mol. The second-order valence-electron chi connectivity index (χ2n) is 7.79. The van der Waals surface area contributed by atoms with Gasteiger partial charge in [-0.1, -0.05) is 30.3 Å². The van der Waals surface area contributed by atoms with Crippen LogP contribution >= 0.6 is 0 Å². The first-order chi connectivity index (χ1) is 13.6. The molecule has 0 fully saturated rings. The normalized spacial score (nSPS) is 20.9. The molecule has 7 heteroatoms. The first kappa shape index (κ1) is 22.6. The predicted molar refractivity (Wildman–Crippen MR) is 110 cm³/mol. The second-order valence-corrected chi connectivity index (χ2v) is 7.79. The smallest absolute Gasteiger partial charge is 0.351 e. The molecule has 1 aliphatic rings. The lowest BCUT2D eigenvalue weighted by molar-refractivity contribution is -0.158. The lowest BCUT2D eigenvalue weighted by atomic mass is 9.93. The fourth-order valence-electron chi connectivity index (χ4n) is 3.21. The van der Waals surface area contributed by atoms with Gasteiger partial charge < -0.3 is 19.5 Å². The highest BCUT2D eigenvalue weighted by atomic mass is 16.6. The molecule has 1 aromatic rings. The fourth-order valence-corrected chi connectivity index (χ4v) is 3.21. The van der Waals surface area contributed by atoms with Gasteiger partial charge in [-0.3, -0.25) is 4.99 Å². The van der Waals surface area contributed by atoms with Crippen LogP contribution in [0.5, 0.6) is 0 Å². The Hall–Kier alpha value is -2.67. The van der Waals surface area contributed by atoms with E-state index in [2.05, 4.69) is 4.99 Å². The molecule has 1 unspecified atom stereocenters. The molecule has 0 saturated carbocycles. The Kier molecular flexibility index (Phi) is 6.85. The van der Waals surface area contributed by atoms with Crippen molar-refractivity contribution >= 4 is 17.8 Å². The molecule has 0 radical (unpaired) electrons. The van der Waals surface area contributed by atoms with Gasteiger partial charge in [-0.05, 0) is 47.1 Å². The highest BCUT2D eigenvalue weighted by molar-refractivity contribution is 6.21. The van der Waals surface area contributed by atoms with Crippen molar-refractivity contribution in [1.29, 1.82) is 0 Å². The number of aliphatic imine (C=N–C) groups is 1. The van der Waals surface area contributed by atoms with Gasteiger partial charge in [-0.15, -0.1) is 0 Å². The van der Waals surface area contributed by atoms with Crippen LogP contribution in [-0.4, -0.2) is 52.1 Å². The molecule has 7 nitrogen and oxygen atoms in total. The molecule has 0 spiro atoms. The molecule has 158 valence electrons. The van der Waals surface area contributed by atoms with E-state index in [1.165, 1.54) is 0 Å². The van der Waals surface area contributed by atoms with E-state index in [9.17, 15) is 14.7 Å². The van der Waals surface area contributed by atoms with Crippen LogP contribution in [0.4, 0.5) is 0 Å². The minimum absolute atomic E-state index is 0.0534. The zero-order chi connectivity index (χ0) is 21.8. The Morgan fingerprint density at radius 3 is 2.21 bits per heavy atom. The molecule has 1 heterocycles. The molecule has 1 aliphatic heterocycles.